The molecule has 1 N–H and O–H groups in total. The molecule has 0 bridgehead atoms. The molecule has 90 valence electrons. The summed E-state index contributed by atoms with van der Waals surface area (Å²) in [6, 6.07) is 0.427. The van der Waals surface area contributed by atoms with Gasteiger partial charge in [-0.15, -0.1) is 0 Å². The molecule has 0 aromatic rings. The first kappa shape index (κ1) is 13.0. The smallest absolute Gasteiger partial charge is 0.153 e. The second kappa shape index (κ2) is 5.85. The molecule has 0 aliphatic heterocycles. The monoisotopic (exact) mass is 233 g/mol. The van der Waals surface area contributed by atoms with Gasteiger partial charge in [-0.2, -0.15) is 0 Å². The quantitative estimate of drug-likeness (QED) is 0.760. The van der Waals surface area contributed by atoms with Gasteiger partial charge in [-0.1, -0.05) is 20.3 Å². The normalized spacial score (nSPS) is 27.1. The summed E-state index contributed by atoms with van der Waals surface area (Å²) in [6.07, 6.45) is 4.46. The highest BCUT2D eigenvalue weighted by Gasteiger charge is 2.33. The van der Waals surface area contributed by atoms with E-state index in [1.165, 1.54) is 0 Å². The first-order valence-corrected chi connectivity index (χ1v) is 7.76. The van der Waals surface area contributed by atoms with E-state index < -0.39 is 9.84 Å². The maximum atomic E-state index is 11.9. The zero-order valence-electron chi connectivity index (χ0n) is 9.83. The van der Waals surface area contributed by atoms with E-state index in [-0.39, 0.29) is 5.25 Å². The fraction of sp³-hybridized carbons (Fsp3) is 1.00. The van der Waals surface area contributed by atoms with Crippen LogP contribution in [0, 0.1) is 0 Å². The molecule has 1 aliphatic carbocycles. The van der Waals surface area contributed by atoms with Gasteiger partial charge in [-0.05, 0) is 32.2 Å². The van der Waals surface area contributed by atoms with Gasteiger partial charge in [-0.3, -0.25) is 0 Å². The van der Waals surface area contributed by atoms with Crippen LogP contribution in [0.4, 0.5) is 0 Å². The van der Waals surface area contributed by atoms with Crippen molar-refractivity contribution in [3.63, 3.8) is 0 Å². The van der Waals surface area contributed by atoms with Gasteiger partial charge in [0, 0.05) is 6.04 Å². The highest BCUT2D eigenvalue weighted by Crippen LogP contribution is 2.26. The second-order valence-electron chi connectivity index (χ2n) is 4.41. The molecule has 4 heteroatoms. The summed E-state index contributed by atoms with van der Waals surface area (Å²) in [4.78, 5) is 0. The Kier molecular flexibility index (Phi) is 5.06. The van der Waals surface area contributed by atoms with E-state index in [0.717, 1.165) is 38.6 Å². The number of rotatable bonds is 6. The number of hydrogen-bond donors (Lipinski definition) is 1. The van der Waals surface area contributed by atoms with Gasteiger partial charge in [0.25, 0.3) is 0 Å². The zero-order valence-corrected chi connectivity index (χ0v) is 10.6. The van der Waals surface area contributed by atoms with Gasteiger partial charge in [0.05, 0.1) is 11.0 Å². The van der Waals surface area contributed by atoms with Crippen LogP contribution in [0.2, 0.25) is 0 Å². The molecule has 0 radical (unpaired) electrons. The molecule has 15 heavy (non-hydrogen) atoms. The van der Waals surface area contributed by atoms with Crippen molar-refractivity contribution in [2.75, 3.05) is 12.3 Å². The number of hydrogen-bond acceptors (Lipinski definition) is 3. The highest BCUT2D eigenvalue weighted by atomic mass is 32.2. The summed E-state index contributed by atoms with van der Waals surface area (Å²) in [5.41, 5.74) is 0. The molecule has 3 nitrogen and oxygen atoms in total. The molecule has 0 aromatic heterocycles. The van der Waals surface area contributed by atoms with E-state index in [9.17, 15) is 8.42 Å². The first-order chi connectivity index (χ1) is 7.10. The SMILES string of the molecule is CCCCS(=O)(=O)C1CCC(NCC)C1. The summed E-state index contributed by atoms with van der Waals surface area (Å²) < 4.78 is 23.8. The third-order valence-electron chi connectivity index (χ3n) is 3.17. The molecule has 2 atom stereocenters. The minimum atomic E-state index is -2.81. The Morgan fingerprint density at radius 3 is 2.60 bits per heavy atom. The predicted molar refractivity (Wildman–Crippen MR) is 63.8 cm³/mol. The zero-order chi connectivity index (χ0) is 11.3. The second-order valence-corrected chi connectivity index (χ2v) is 6.81. The van der Waals surface area contributed by atoms with Crippen molar-refractivity contribution in [3.8, 4) is 0 Å². The first-order valence-electron chi connectivity index (χ1n) is 6.05. The van der Waals surface area contributed by atoms with Gasteiger partial charge in [0.15, 0.2) is 9.84 Å². The molecule has 0 saturated heterocycles. The van der Waals surface area contributed by atoms with Crippen molar-refractivity contribution in [1.82, 2.24) is 5.32 Å². The van der Waals surface area contributed by atoms with Crippen LogP contribution in [0.1, 0.15) is 46.0 Å². The summed E-state index contributed by atoms with van der Waals surface area (Å²) in [7, 11) is -2.81. The van der Waals surface area contributed by atoms with E-state index in [2.05, 4.69) is 12.2 Å². The fourth-order valence-electron chi connectivity index (χ4n) is 2.25. The Morgan fingerprint density at radius 2 is 2.00 bits per heavy atom. The van der Waals surface area contributed by atoms with Crippen LogP contribution in [-0.2, 0) is 9.84 Å². The molecule has 0 heterocycles. The molecule has 2 unspecified atom stereocenters. The van der Waals surface area contributed by atoms with Crippen molar-refractivity contribution in [3.05, 3.63) is 0 Å². The third kappa shape index (κ3) is 3.76. The predicted octanol–water partition coefficient (Wildman–Crippen LogP) is 1.73. The Bertz CT molecular complexity index is 274. The minimum absolute atomic E-state index is 0.0758. The van der Waals surface area contributed by atoms with Crippen molar-refractivity contribution in [2.24, 2.45) is 0 Å². The van der Waals surface area contributed by atoms with Gasteiger partial charge < -0.3 is 5.32 Å². The van der Waals surface area contributed by atoms with Gasteiger partial charge in [0.2, 0.25) is 0 Å². The van der Waals surface area contributed by atoms with Crippen molar-refractivity contribution < 1.29 is 8.42 Å². The van der Waals surface area contributed by atoms with Crippen LogP contribution in [0.5, 0.6) is 0 Å². The van der Waals surface area contributed by atoms with Crippen LogP contribution in [0.15, 0.2) is 0 Å². The van der Waals surface area contributed by atoms with Crippen LogP contribution in [0.25, 0.3) is 0 Å². The van der Waals surface area contributed by atoms with Gasteiger partial charge >= 0.3 is 0 Å². The maximum absolute atomic E-state index is 11.9. The Hall–Kier alpha value is -0.0900. The summed E-state index contributed by atoms with van der Waals surface area (Å²) in [5, 5.41) is 3.26. The third-order valence-corrected chi connectivity index (χ3v) is 5.47. The molecule has 1 fully saturated rings. The van der Waals surface area contributed by atoms with Gasteiger partial charge in [0.1, 0.15) is 0 Å². The van der Waals surface area contributed by atoms with Crippen molar-refractivity contribution in [2.45, 2.75) is 57.2 Å². The maximum Gasteiger partial charge on any atom is 0.153 e. The lowest BCUT2D eigenvalue weighted by molar-refractivity contribution is 0.537. The molecule has 1 rings (SSSR count). The van der Waals surface area contributed by atoms with Gasteiger partial charge in [-0.25, -0.2) is 8.42 Å². The fourth-order valence-corrected chi connectivity index (χ4v) is 4.30. The molecule has 1 saturated carbocycles. The van der Waals surface area contributed by atoms with Crippen LogP contribution in [0.3, 0.4) is 0 Å². The van der Waals surface area contributed by atoms with E-state index in [0.29, 0.717) is 11.8 Å². The molecule has 0 amide bonds. The summed E-state index contributed by atoms with van der Waals surface area (Å²) in [5.74, 6) is 0.382. The van der Waals surface area contributed by atoms with Crippen LogP contribution < -0.4 is 5.32 Å². The number of sulfone groups is 1. The Morgan fingerprint density at radius 1 is 1.27 bits per heavy atom. The average molecular weight is 233 g/mol. The Balaban J connectivity index is 2.45. The Labute approximate surface area is 93.6 Å². The standard InChI is InChI=1S/C11H23NO2S/c1-3-5-8-15(13,14)11-7-6-10(9-11)12-4-2/h10-12H,3-9H2,1-2H3. The van der Waals surface area contributed by atoms with Crippen LogP contribution in [-0.4, -0.2) is 32.0 Å². The number of nitrogens with one attached hydrogen (secondary N) is 1. The summed E-state index contributed by atoms with van der Waals surface area (Å²) >= 11 is 0. The molecular formula is C11H23NO2S. The number of unbranched alkanes of at least 4 members (excludes halogenated alkanes) is 1. The van der Waals surface area contributed by atoms with E-state index in [1.54, 1.807) is 0 Å². The molecule has 0 aromatic carbocycles. The lowest BCUT2D eigenvalue weighted by Gasteiger charge is -2.12. The summed E-state index contributed by atoms with van der Waals surface area (Å²) in [6.45, 7) is 5.04. The van der Waals surface area contributed by atoms with E-state index in [1.807, 2.05) is 6.92 Å². The van der Waals surface area contributed by atoms with E-state index >= 15 is 0 Å². The molecular weight excluding hydrogens is 210 g/mol. The largest absolute Gasteiger partial charge is 0.314 e. The lowest BCUT2D eigenvalue weighted by Crippen LogP contribution is -2.28. The lowest BCUT2D eigenvalue weighted by atomic mass is 10.2. The molecule has 1 aliphatic rings. The van der Waals surface area contributed by atoms with Crippen molar-refractivity contribution in [1.29, 1.82) is 0 Å². The van der Waals surface area contributed by atoms with E-state index in [4.69, 9.17) is 0 Å². The topological polar surface area (TPSA) is 46.2 Å². The average Bonchev–Trinajstić information content (AvgIpc) is 2.65. The highest BCUT2D eigenvalue weighted by molar-refractivity contribution is 7.92. The van der Waals surface area contributed by atoms with Crippen molar-refractivity contribution >= 4 is 9.84 Å². The van der Waals surface area contributed by atoms with Crippen LogP contribution >= 0.6 is 0 Å². The molecule has 0 spiro atoms. The minimum Gasteiger partial charge on any atom is -0.314 e.